The van der Waals surface area contributed by atoms with E-state index in [0.717, 1.165) is 35.3 Å². The molecule has 1 unspecified atom stereocenters. The predicted molar refractivity (Wildman–Crippen MR) is 94.3 cm³/mol. The van der Waals surface area contributed by atoms with Gasteiger partial charge < -0.3 is 16.8 Å². The molecular formula is C18H22FN5O. The number of rotatable bonds is 1. The fraction of sp³-hybridized carbons (Fsp3) is 0.444. The highest BCUT2D eigenvalue weighted by molar-refractivity contribution is 5.90. The molecule has 2 aromatic rings. The second-order valence-electron chi connectivity index (χ2n) is 7.02. The number of nitrogens with two attached hydrogens (primary N) is 2. The van der Waals surface area contributed by atoms with Gasteiger partial charge in [-0.1, -0.05) is 0 Å². The second-order valence-corrected chi connectivity index (χ2v) is 7.02. The average molecular weight is 343 g/mol. The number of hydrogen-bond donors (Lipinski definition) is 3. The van der Waals surface area contributed by atoms with E-state index in [4.69, 9.17) is 11.5 Å². The molecule has 0 fully saturated rings. The third-order valence-corrected chi connectivity index (χ3v) is 5.27. The minimum Gasteiger partial charge on any atom is -0.385 e. The zero-order valence-corrected chi connectivity index (χ0v) is 14.2. The molecular weight excluding hydrogens is 321 g/mol. The summed E-state index contributed by atoms with van der Waals surface area (Å²) in [5.41, 5.74) is 16.3. The highest BCUT2D eigenvalue weighted by Crippen LogP contribution is 2.36. The number of nitrogens with zero attached hydrogens (tertiary/aromatic N) is 2. The first kappa shape index (κ1) is 16.1. The maximum Gasteiger partial charge on any atom is 0.256 e. The number of anilines is 2. The topological polar surface area (TPSA) is 99.0 Å². The Labute approximate surface area is 145 Å². The molecule has 7 heteroatoms. The van der Waals surface area contributed by atoms with Crippen LogP contribution < -0.4 is 16.8 Å². The van der Waals surface area contributed by atoms with Crippen LogP contribution in [-0.2, 0) is 12.8 Å². The first-order valence-corrected chi connectivity index (χ1v) is 8.65. The van der Waals surface area contributed by atoms with Gasteiger partial charge in [-0.3, -0.25) is 4.79 Å². The lowest BCUT2D eigenvalue weighted by Gasteiger charge is -2.27. The molecule has 0 saturated carbocycles. The molecule has 0 spiro atoms. The molecule has 0 amide bonds. The predicted octanol–water partition coefficient (Wildman–Crippen LogP) is 1.97. The van der Waals surface area contributed by atoms with E-state index in [1.165, 1.54) is 16.8 Å². The van der Waals surface area contributed by atoms with E-state index in [2.05, 4.69) is 10.4 Å². The van der Waals surface area contributed by atoms with Gasteiger partial charge in [0.05, 0.1) is 11.6 Å². The summed E-state index contributed by atoms with van der Waals surface area (Å²) in [4.78, 5) is 13.1. The van der Waals surface area contributed by atoms with E-state index < -0.39 is 5.92 Å². The fourth-order valence-electron chi connectivity index (χ4n) is 3.97. The molecule has 1 aromatic heterocycles. The molecule has 2 aliphatic rings. The standard InChI is InChI=1S/C18H22FN5O/c1-9-6-10(19)7-13-12(4-5-22-16(9)13)18(25)24-17(21)14-8-11(20)2-3-15(14)23-24/h6-7,11-12,22H,2-5,8,20-21H2,1H3/t11-,12?/m1/s1. The monoisotopic (exact) mass is 343 g/mol. The van der Waals surface area contributed by atoms with Crippen molar-refractivity contribution in [3.8, 4) is 0 Å². The summed E-state index contributed by atoms with van der Waals surface area (Å²) >= 11 is 0. The first-order chi connectivity index (χ1) is 12.0. The first-order valence-electron chi connectivity index (χ1n) is 8.65. The Morgan fingerprint density at radius 3 is 3.00 bits per heavy atom. The van der Waals surface area contributed by atoms with Gasteiger partial charge >= 0.3 is 0 Å². The zero-order chi connectivity index (χ0) is 17.7. The Balaban J connectivity index is 1.74. The molecule has 6 nitrogen and oxygen atoms in total. The van der Waals surface area contributed by atoms with E-state index in [-0.39, 0.29) is 17.8 Å². The van der Waals surface area contributed by atoms with Crippen molar-refractivity contribution in [3.63, 3.8) is 0 Å². The van der Waals surface area contributed by atoms with Crippen molar-refractivity contribution >= 4 is 17.4 Å². The van der Waals surface area contributed by atoms with Crippen LogP contribution in [0.4, 0.5) is 15.9 Å². The Morgan fingerprint density at radius 1 is 1.40 bits per heavy atom. The lowest BCUT2D eigenvalue weighted by atomic mass is 9.88. The maximum atomic E-state index is 13.9. The van der Waals surface area contributed by atoms with Gasteiger partial charge in [-0.2, -0.15) is 9.78 Å². The SMILES string of the molecule is Cc1cc(F)cc2c1NCCC2C(=O)n1nc2c(c1N)C[C@H](N)CC2. The van der Waals surface area contributed by atoms with E-state index in [9.17, 15) is 9.18 Å². The van der Waals surface area contributed by atoms with E-state index in [1.54, 1.807) is 0 Å². The van der Waals surface area contributed by atoms with Crippen LogP contribution in [0.25, 0.3) is 0 Å². The second kappa shape index (κ2) is 5.84. The Kier molecular flexibility index (Phi) is 3.76. The molecule has 5 N–H and O–H groups in total. The molecule has 2 atom stereocenters. The highest BCUT2D eigenvalue weighted by atomic mass is 19.1. The quantitative estimate of drug-likeness (QED) is 0.735. The van der Waals surface area contributed by atoms with Crippen molar-refractivity contribution < 1.29 is 9.18 Å². The molecule has 25 heavy (non-hydrogen) atoms. The Morgan fingerprint density at radius 2 is 2.20 bits per heavy atom. The number of hydrogen-bond acceptors (Lipinski definition) is 5. The Bertz CT molecular complexity index is 860. The molecule has 0 saturated heterocycles. The number of nitrogens with one attached hydrogen (secondary N) is 1. The fourth-order valence-corrected chi connectivity index (χ4v) is 3.97. The Hall–Kier alpha value is -2.41. The smallest absolute Gasteiger partial charge is 0.256 e. The largest absolute Gasteiger partial charge is 0.385 e. The van der Waals surface area contributed by atoms with Gasteiger partial charge in [0.1, 0.15) is 11.6 Å². The van der Waals surface area contributed by atoms with E-state index in [0.29, 0.717) is 30.8 Å². The molecule has 132 valence electrons. The van der Waals surface area contributed by atoms with Crippen LogP contribution >= 0.6 is 0 Å². The summed E-state index contributed by atoms with van der Waals surface area (Å²) < 4.78 is 15.2. The molecule has 1 aliphatic heterocycles. The minimum absolute atomic E-state index is 0.0545. The molecule has 0 radical (unpaired) electrons. The van der Waals surface area contributed by atoms with Crippen molar-refractivity contribution in [2.75, 3.05) is 17.6 Å². The molecule has 1 aliphatic carbocycles. The summed E-state index contributed by atoms with van der Waals surface area (Å²) in [7, 11) is 0. The molecule has 2 heterocycles. The summed E-state index contributed by atoms with van der Waals surface area (Å²) in [6.07, 6.45) is 2.80. The number of carbonyl (C=O) groups excluding carboxylic acids is 1. The van der Waals surface area contributed by atoms with Gasteiger partial charge in [-0.15, -0.1) is 0 Å². The zero-order valence-electron chi connectivity index (χ0n) is 14.2. The number of aryl methyl sites for hydroxylation is 2. The third-order valence-electron chi connectivity index (χ3n) is 5.27. The third kappa shape index (κ3) is 2.59. The number of fused-ring (bicyclic) bond motifs is 2. The van der Waals surface area contributed by atoms with Crippen LogP contribution in [0.1, 0.15) is 45.9 Å². The van der Waals surface area contributed by atoms with Gasteiger partial charge in [0.15, 0.2) is 0 Å². The van der Waals surface area contributed by atoms with Gasteiger partial charge in [-0.05, 0) is 55.9 Å². The van der Waals surface area contributed by atoms with Crippen LogP contribution in [0.3, 0.4) is 0 Å². The van der Waals surface area contributed by atoms with Gasteiger partial charge in [0.25, 0.3) is 5.91 Å². The van der Waals surface area contributed by atoms with Crippen LogP contribution in [0.5, 0.6) is 0 Å². The lowest BCUT2D eigenvalue weighted by molar-refractivity contribution is 0.0859. The summed E-state index contributed by atoms with van der Waals surface area (Å²) in [5.74, 6) is -0.615. The van der Waals surface area contributed by atoms with Crippen LogP contribution in [-0.4, -0.2) is 28.3 Å². The number of nitrogen functional groups attached to an aromatic ring is 1. The van der Waals surface area contributed by atoms with Gasteiger partial charge in [0.2, 0.25) is 0 Å². The van der Waals surface area contributed by atoms with Crippen LogP contribution in [0, 0.1) is 12.7 Å². The normalized spacial score (nSPS) is 22.0. The van der Waals surface area contributed by atoms with Crippen molar-refractivity contribution in [1.29, 1.82) is 0 Å². The lowest BCUT2D eigenvalue weighted by Crippen LogP contribution is -2.29. The molecule has 1 aromatic carbocycles. The maximum absolute atomic E-state index is 13.9. The van der Waals surface area contributed by atoms with Crippen molar-refractivity contribution in [2.24, 2.45) is 5.73 Å². The number of aromatic nitrogens is 2. The molecule has 0 bridgehead atoms. The minimum atomic E-state index is -0.456. The van der Waals surface area contributed by atoms with E-state index >= 15 is 0 Å². The van der Waals surface area contributed by atoms with Gasteiger partial charge in [-0.25, -0.2) is 4.39 Å². The van der Waals surface area contributed by atoms with Gasteiger partial charge in [0, 0.05) is 23.8 Å². The average Bonchev–Trinajstić information content (AvgIpc) is 2.90. The van der Waals surface area contributed by atoms with Crippen LogP contribution in [0.15, 0.2) is 12.1 Å². The van der Waals surface area contributed by atoms with Crippen molar-refractivity contribution in [2.45, 2.75) is 44.6 Å². The highest BCUT2D eigenvalue weighted by Gasteiger charge is 2.33. The number of halogens is 1. The van der Waals surface area contributed by atoms with E-state index in [1.807, 2.05) is 6.92 Å². The van der Waals surface area contributed by atoms with Crippen molar-refractivity contribution in [1.82, 2.24) is 9.78 Å². The summed E-state index contributed by atoms with van der Waals surface area (Å²) in [6, 6.07) is 2.96. The van der Waals surface area contributed by atoms with Crippen molar-refractivity contribution in [3.05, 3.63) is 40.3 Å². The molecule has 4 rings (SSSR count). The van der Waals surface area contributed by atoms with Crippen LogP contribution in [0.2, 0.25) is 0 Å². The number of benzene rings is 1. The number of carbonyl (C=O) groups is 1. The summed E-state index contributed by atoms with van der Waals surface area (Å²) in [5, 5.41) is 7.72. The summed E-state index contributed by atoms with van der Waals surface area (Å²) in [6.45, 7) is 2.49.